The molecule has 2 N–H and O–H groups in total. The van der Waals surface area contributed by atoms with Gasteiger partial charge in [-0.1, -0.05) is 61.5 Å². The molecule has 1 heterocycles. The molecule has 3 rings (SSSR count). The van der Waals surface area contributed by atoms with Gasteiger partial charge in [0.2, 0.25) is 5.56 Å². The third-order valence-electron chi connectivity index (χ3n) is 5.54. The van der Waals surface area contributed by atoms with Crippen LogP contribution in [0, 0.1) is 5.92 Å². The lowest BCUT2D eigenvalue weighted by molar-refractivity contribution is -0.147. The van der Waals surface area contributed by atoms with Crippen LogP contribution >= 0.6 is 0 Å². The van der Waals surface area contributed by atoms with Crippen LogP contribution < -0.4 is 10.9 Å². The predicted octanol–water partition coefficient (Wildman–Crippen LogP) is 4.36. The average molecular weight is 447 g/mol. The van der Waals surface area contributed by atoms with Gasteiger partial charge in [-0.2, -0.15) is 0 Å². The molecule has 0 spiro atoms. The van der Waals surface area contributed by atoms with Crippen molar-refractivity contribution >= 4 is 11.9 Å². The maximum Gasteiger partial charge on any atom is 0.308 e. The number of nitrogens with one attached hydrogen (secondary N) is 2. The molecule has 0 unspecified atom stereocenters. The SMILES string of the molecule is CCOC(=O)[C@H](C)C[C@@H](CCc1ccc(-c2ccccc2)cc1)NC(=O)c1cc[nH]c(=O)c1. The normalized spacial score (nSPS) is 12.5. The molecular weight excluding hydrogens is 416 g/mol. The Morgan fingerprint density at radius 2 is 1.70 bits per heavy atom. The van der Waals surface area contributed by atoms with Gasteiger partial charge in [0.25, 0.3) is 5.91 Å². The lowest BCUT2D eigenvalue weighted by Gasteiger charge is -2.22. The Balaban J connectivity index is 1.68. The van der Waals surface area contributed by atoms with Crippen LogP contribution in [0.4, 0.5) is 0 Å². The molecule has 6 heteroatoms. The van der Waals surface area contributed by atoms with Crippen LogP contribution in [0.25, 0.3) is 11.1 Å². The molecule has 33 heavy (non-hydrogen) atoms. The van der Waals surface area contributed by atoms with E-state index in [9.17, 15) is 14.4 Å². The minimum atomic E-state index is -0.352. The highest BCUT2D eigenvalue weighted by atomic mass is 16.5. The van der Waals surface area contributed by atoms with Crippen LogP contribution in [-0.4, -0.2) is 29.5 Å². The summed E-state index contributed by atoms with van der Waals surface area (Å²) < 4.78 is 5.13. The highest BCUT2D eigenvalue weighted by Crippen LogP contribution is 2.21. The number of aromatic nitrogens is 1. The van der Waals surface area contributed by atoms with E-state index in [1.165, 1.54) is 12.3 Å². The van der Waals surface area contributed by atoms with Gasteiger partial charge < -0.3 is 15.0 Å². The summed E-state index contributed by atoms with van der Waals surface area (Å²) in [5.74, 6) is -0.961. The molecule has 0 aliphatic carbocycles. The zero-order valence-corrected chi connectivity index (χ0v) is 19.0. The predicted molar refractivity (Wildman–Crippen MR) is 129 cm³/mol. The molecule has 1 amide bonds. The minimum absolute atomic E-state index is 0.245. The van der Waals surface area contributed by atoms with E-state index in [-0.39, 0.29) is 29.4 Å². The Hall–Kier alpha value is -3.67. The topological polar surface area (TPSA) is 88.3 Å². The lowest BCUT2D eigenvalue weighted by atomic mass is 9.95. The molecule has 0 bridgehead atoms. The fourth-order valence-electron chi connectivity index (χ4n) is 3.75. The highest BCUT2D eigenvalue weighted by Gasteiger charge is 2.22. The van der Waals surface area contributed by atoms with Crippen molar-refractivity contribution < 1.29 is 14.3 Å². The molecule has 172 valence electrons. The summed E-state index contributed by atoms with van der Waals surface area (Å²) in [7, 11) is 0. The molecule has 0 radical (unpaired) electrons. The van der Waals surface area contributed by atoms with Crippen LogP contribution in [-0.2, 0) is 16.0 Å². The first-order valence-electron chi connectivity index (χ1n) is 11.3. The maximum absolute atomic E-state index is 12.7. The second-order valence-corrected chi connectivity index (χ2v) is 8.10. The van der Waals surface area contributed by atoms with Gasteiger partial charge in [0.15, 0.2) is 0 Å². The number of carbonyl (C=O) groups is 2. The Morgan fingerprint density at radius 3 is 2.36 bits per heavy atom. The first-order valence-corrected chi connectivity index (χ1v) is 11.3. The van der Waals surface area contributed by atoms with Gasteiger partial charge in [-0.15, -0.1) is 0 Å². The van der Waals surface area contributed by atoms with Gasteiger partial charge in [0.1, 0.15) is 0 Å². The molecule has 3 aromatic rings. The number of amides is 1. The molecule has 2 atom stereocenters. The number of rotatable bonds is 10. The molecule has 0 saturated carbocycles. The third kappa shape index (κ3) is 7.17. The Kier molecular flexibility index (Phi) is 8.58. The van der Waals surface area contributed by atoms with E-state index in [2.05, 4.69) is 46.7 Å². The van der Waals surface area contributed by atoms with Crippen molar-refractivity contribution in [3.63, 3.8) is 0 Å². The fourth-order valence-corrected chi connectivity index (χ4v) is 3.75. The molecule has 0 aliphatic rings. The second-order valence-electron chi connectivity index (χ2n) is 8.10. The summed E-state index contributed by atoms with van der Waals surface area (Å²) in [6.07, 6.45) is 3.30. The van der Waals surface area contributed by atoms with Gasteiger partial charge in [0.05, 0.1) is 12.5 Å². The van der Waals surface area contributed by atoms with Gasteiger partial charge in [-0.25, -0.2) is 0 Å². The maximum atomic E-state index is 12.7. The zero-order valence-electron chi connectivity index (χ0n) is 19.0. The molecule has 1 aromatic heterocycles. The van der Waals surface area contributed by atoms with Crippen molar-refractivity contribution in [1.29, 1.82) is 0 Å². The number of carbonyl (C=O) groups excluding carboxylic acids is 2. The van der Waals surface area contributed by atoms with Gasteiger partial charge >= 0.3 is 5.97 Å². The number of pyridine rings is 1. The van der Waals surface area contributed by atoms with E-state index < -0.39 is 0 Å². The molecular formula is C27H30N2O4. The summed E-state index contributed by atoms with van der Waals surface area (Å²) in [5.41, 5.74) is 3.41. The van der Waals surface area contributed by atoms with Crippen molar-refractivity contribution in [2.45, 2.75) is 39.2 Å². The Labute approximate surface area is 194 Å². The quantitative estimate of drug-likeness (QED) is 0.453. The number of hydrogen-bond acceptors (Lipinski definition) is 4. The average Bonchev–Trinajstić information content (AvgIpc) is 2.83. The summed E-state index contributed by atoms with van der Waals surface area (Å²) in [4.78, 5) is 38.9. The summed E-state index contributed by atoms with van der Waals surface area (Å²) in [6.45, 7) is 3.90. The number of ether oxygens (including phenoxy) is 1. The standard InChI is InChI=1S/C27H30N2O4/c1-3-33-27(32)19(2)17-24(29-26(31)23-15-16-28-25(30)18-23)14-11-20-9-12-22(13-10-20)21-7-5-4-6-8-21/h4-10,12-13,15-16,18-19,24H,3,11,14,17H2,1-2H3,(H,28,30)(H,29,31)/t19-,24-/m1/s1. The van der Waals surface area contributed by atoms with Crippen molar-refractivity contribution in [3.8, 4) is 11.1 Å². The van der Waals surface area contributed by atoms with E-state index in [1.807, 2.05) is 18.2 Å². The van der Waals surface area contributed by atoms with Crippen LogP contribution in [0.1, 0.15) is 42.6 Å². The Morgan fingerprint density at radius 1 is 1.00 bits per heavy atom. The van der Waals surface area contributed by atoms with Crippen molar-refractivity contribution in [1.82, 2.24) is 10.3 Å². The summed E-state index contributed by atoms with van der Waals surface area (Å²) in [6, 6.07) is 21.1. The van der Waals surface area contributed by atoms with E-state index in [1.54, 1.807) is 19.9 Å². The molecule has 6 nitrogen and oxygen atoms in total. The first-order chi connectivity index (χ1) is 16.0. The molecule has 0 saturated heterocycles. The van der Waals surface area contributed by atoms with Gasteiger partial charge in [0, 0.05) is 23.9 Å². The number of aryl methyl sites for hydroxylation is 1. The van der Waals surface area contributed by atoms with E-state index in [0.29, 0.717) is 25.0 Å². The zero-order chi connectivity index (χ0) is 23.6. The van der Waals surface area contributed by atoms with E-state index in [4.69, 9.17) is 4.74 Å². The molecule has 2 aromatic carbocycles. The smallest absolute Gasteiger partial charge is 0.308 e. The lowest BCUT2D eigenvalue weighted by Crippen LogP contribution is -2.38. The van der Waals surface area contributed by atoms with Crippen LogP contribution in [0.15, 0.2) is 77.7 Å². The molecule has 0 fully saturated rings. The number of benzene rings is 2. The largest absolute Gasteiger partial charge is 0.466 e. The number of hydrogen-bond donors (Lipinski definition) is 2. The summed E-state index contributed by atoms with van der Waals surface area (Å²) >= 11 is 0. The number of H-pyrrole nitrogens is 1. The second kappa shape index (κ2) is 11.8. The van der Waals surface area contributed by atoms with E-state index in [0.717, 1.165) is 23.1 Å². The number of esters is 1. The summed E-state index contributed by atoms with van der Waals surface area (Å²) in [5, 5.41) is 3.00. The van der Waals surface area contributed by atoms with Crippen molar-refractivity contribution in [2.75, 3.05) is 6.61 Å². The van der Waals surface area contributed by atoms with Crippen LogP contribution in [0.3, 0.4) is 0 Å². The van der Waals surface area contributed by atoms with Crippen molar-refractivity contribution in [3.05, 3.63) is 94.4 Å². The van der Waals surface area contributed by atoms with E-state index >= 15 is 0 Å². The third-order valence-corrected chi connectivity index (χ3v) is 5.54. The van der Waals surface area contributed by atoms with Gasteiger partial charge in [-0.05, 0) is 48.9 Å². The van der Waals surface area contributed by atoms with Crippen LogP contribution in [0.2, 0.25) is 0 Å². The monoisotopic (exact) mass is 446 g/mol. The first kappa shape index (κ1) is 24.0. The Bertz CT molecular complexity index is 1110. The molecule has 0 aliphatic heterocycles. The van der Waals surface area contributed by atoms with Crippen molar-refractivity contribution in [2.24, 2.45) is 5.92 Å². The van der Waals surface area contributed by atoms with Crippen LogP contribution in [0.5, 0.6) is 0 Å². The minimum Gasteiger partial charge on any atom is -0.466 e. The highest BCUT2D eigenvalue weighted by molar-refractivity contribution is 5.94. The number of aromatic amines is 1. The van der Waals surface area contributed by atoms with Gasteiger partial charge in [-0.3, -0.25) is 14.4 Å². The fraction of sp³-hybridized carbons (Fsp3) is 0.296.